The minimum absolute atomic E-state index is 0.0798. The average Bonchev–Trinajstić information content (AvgIpc) is 2.71. The predicted molar refractivity (Wildman–Crippen MR) is 112 cm³/mol. The normalized spacial score (nSPS) is 13.9. The fourth-order valence-electron chi connectivity index (χ4n) is 3.29. The number of anilines is 3. The van der Waals surface area contributed by atoms with Crippen molar-refractivity contribution in [3.05, 3.63) is 54.1 Å². The monoisotopic (exact) mass is 381 g/mol. The van der Waals surface area contributed by atoms with Gasteiger partial charge in [-0.3, -0.25) is 9.59 Å². The number of amides is 2. The molecule has 0 aromatic heterocycles. The van der Waals surface area contributed by atoms with E-state index in [1.54, 1.807) is 4.90 Å². The van der Waals surface area contributed by atoms with Gasteiger partial charge in [-0.2, -0.15) is 0 Å². The molecule has 28 heavy (non-hydrogen) atoms. The van der Waals surface area contributed by atoms with Crippen LogP contribution in [0.1, 0.15) is 18.9 Å². The highest BCUT2D eigenvalue weighted by Crippen LogP contribution is 2.30. The SMILES string of the molecule is CC(=O)N(CCC(=O)Nc1ccc(C)cc1)c1ccccc1N1CCOCC1. The summed E-state index contributed by atoms with van der Waals surface area (Å²) in [7, 11) is 0. The highest BCUT2D eigenvalue weighted by molar-refractivity contribution is 5.97. The first-order valence-electron chi connectivity index (χ1n) is 9.61. The predicted octanol–water partition coefficient (Wildman–Crippen LogP) is 3.21. The molecule has 1 aliphatic rings. The lowest BCUT2D eigenvalue weighted by Gasteiger charge is -2.33. The van der Waals surface area contributed by atoms with Gasteiger partial charge >= 0.3 is 0 Å². The van der Waals surface area contributed by atoms with Crippen LogP contribution in [0.2, 0.25) is 0 Å². The maximum absolute atomic E-state index is 12.4. The summed E-state index contributed by atoms with van der Waals surface area (Å²) < 4.78 is 5.44. The Morgan fingerprint density at radius 2 is 1.75 bits per heavy atom. The molecule has 6 heteroatoms. The first-order chi connectivity index (χ1) is 13.5. The van der Waals surface area contributed by atoms with Gasteiger partial charge in [-0.25, -0.2) is 0 Å². The molecule has 1 heterocycles. The molecular weight excluding hydrogens is 354 g/mol. The summed E-state index contributed by atoms with van der Waals surface area (Å²) in [6, 6.07) is 15.5. The highest BCUT2D eigenvalue weighted by Gasteiger charge is 2.21. The minimum Gasteiger partial charge on any atom is -0.378 e. The van der Waals surface area contributed by atoms with Crippen LogP contribution in [0.25, 0.3) is 0 Å². The molecule has 6 nitrogen and oxygen atoms in total. The van der Waals surface area contributed by atoms with Crippen LogP contribution in [0.5, 0.6) is 0 Å². The number of hydrogen-bond acceptors (Lipinski definition) is 4. The number of benzene rings is 2. The number of ether oxygens (including phenoxy) is 1. The third-order valence-corrected chi connectivity index (χ3v) is 4.80. The summed E-state index contributed by atoms with van der Waals surface area (Å²) in [4.78, 5) is 28.6. The van der Waals surface area contributed by atoms with Crippen LogP contribution in [-0.4, -0.2) is 44.7 Å². The van der Waals surface area contributed by atoms with Gasteiger partial charge in [0.15, 0.2) is 0 Å². The summed E-state index contributed by atoms with van der Waals surface area (Å²) >= 11 is 0. The van der Waals surface area contributed by atoms with Gasteiger partial charge in [0.2, 0.25) is 11.8 Å². The van der Waals surface area contributed by atoms with E-state index in [4.69, 9.17) is 4.74 Å². The molecule has 0 saturated carbocycles. The lowest BCUT2D eigenvalue weighted by molar-refractivity contribution is -0.117. The molecule has 1 N–H and O–H groups in total. The first kappa shape index (κ1) is 19.9. The molecule has 3 rings (SSSR count). The lowest BCUT2D eigenvalue weighted by Crippen LogP contribution is -2.39. The molecule has 1 fully saturated rings. The fourth-order valence-corrected chi connectivity index (χ4v) is 3.29. The summed E-state index contributed by atoms with van der Waals surface area (Å²) in [5.74, 6) is -0.192. The highest BCUT2D eigenvalue weighted by atomic mass is 16.5. The summed E-state index contributed by atoms with van der Waals surface area (Å²) in [6.07, 6.45) is 0.227. The van der Waals surface area contributed by atoms with Crippen molar-refractivity contribution in [3.8, 4) is 0 Å². The maximum Gasteiger partial charge on any atom is 0.226 e. The largest absolute Gasteiger partial charge is 0.378 e. The average molecular weight is 381 g/mol. The van der Waals surface area contributed by atoms with Gasteiger partial charge in [0, 0.05) is 38.7 Å². The number of carbonyl (C=O) groups excluding carboxylic acids is 2. The zero-order chi connectivity index (χ0) is 19.9. The molecule has 2 aromatic rings. The van der Waals surface area contributed by atoms with E-state index in [2.05, 4.69) is 10.2 Å². The van der Waals surface area contributed by atoms with Crippen molar-refractivity contribution in [3.63, 3.8) is 0 Å². The topological polar surface area (TPSA) is 61.9 Å². The van der Waals surface area contributed by atoms with Crippen molar-refractivity contribution >= 4 is 28.9 Å². The number of morpholine rings is 1. The van der Waals surface area contributed by atoms with Gasteiger partial charge < -0.3 is 19.9 Å². The summed E-state index contributed by atoms with van der Waals surface area (Å²) in [5.41, 5.74) is 3.74. The minimum atomic E-state index is -0.112. The molecule has 0 radical (unpaired) electrons. The summed E-state index contributed by atoms with van der Waals surface area (Å²) in [5, 5.41) is 2.89. The first-order valence-corrected chi connectivity index (χ1v) is 9.61. The number of nitrogens with zero attached hydrogens (tertiary/aromatic N) is 2. The fraction of sp³-hybridized carbons (Fsp3) is 0.364. The van der Waals surface area contributed by atoms with Gasteiger partial charge in [-0.15, -0.1) is 0 Å². The van der Waals surface area contributed by atoms with Crippen molar-refractivity contribution in [1.82, 2.24) is 0 Å². The molecule has 2 amide bonds. The molecule has 0 atom stereocenters. The molecule has 0 aliphatic carbocycles. The number of rotatable bonds is 6. The number of carbonyl (C=O) groups is 2. The number of hydrogen-bond donors (Lipinski definition) is 1. The van der Waals surface area contributed by atoms with Gasteiger partial charge in [0.25, 0.3) is 0 Å². The Hall–Kier alpha value is -2.86. The van der Waals surface area contributed by atoms with E-state index >= 15 is 0 Å². The number of para-hydroxylation sites is 2. The van der Waals surface area contributed by atoms with Crippen LogP contribution in [0, 0.1) is 6.92 Å². The second kappa shape index (κ2) is 9.37. The van der Waals surface area contributed by atoms with Crippen LogP contribution in [-0.2, 0) is 14.3 Å². The van der Waals surface area contributed by atoms with Crippen LogP contribution >= 0.6 is 0 Å². The second-order valence-electron chi connectivity index (χ2n) is 6.92. The molecule has 0 unspecified atom stereocenters. The third-order valence-electron chi connectivity index (χ3n) is 4.80. The Bertz CT molecular complexity index is 814. The van der Waals surface area contributed by atoms with Crippen molar-refractivity contribution in [2.24, 2.45) is 0 Å². The van der Waals surface area contributed by atoms with Crippen LogP contribution < -0.4 is 15.1 Å². The van der Waals surface area contributed by atoms with Gasteiger partial charge in [0.05, 0.1) is 24.6 Å². The van der Waals surface area contributed by atoms with Crippen LogP contribution in [0.3, 0.4) is 0 Å². The van der Waals surface area contributed by atoms with E-state index in [9.17, 15) is 9.59 Å². The van der Waals surface area contributed by atoms with Crippen molar-refractivity contribution in [2.45, 2.75) is 20.3 Å². The van der Waals surface area contributed by atoms with E-state index < -0.39 is 0 Å². The Kier molecular flexibility index (Phi) is 6.66. The van der Waals surface area contributed by atoms with Gasteiger partial charge in [-0.1, -0.05) is 29.8 Å². The Morgan fingerprint density at radius 1 is 1.07 bits per heavy atom. The van der Waals surface area contributed by atoms with E-state index in [1.807, 2.05) is 55.5 Å². The Balaban J connectivity index is 1.69. The summed E-state index contributed by atoms with van der Waals surface area (Å²) in [6.45, 7) is 6.79. The lowest BCUT2D eigenvalue weighted by atomic mass is 10.2. The van der Waals surface area contributed by atoms with Crippen LogP contribution in [0.15, 0.2) is 48.5 Å². The van der Waals surface area contributed by atoms with Crippen molar-refractivity contribution < 1.29 is 14.3 Å². The van der Waals surface area contributed by atoms with Crippen molar-refractivity contribution in [2.75, 3.05) is 48.0 Å². The Morgan fingerprint density at radius 3 is 2.43 bits per heavy atom. The molecule has 148 valence electrons. The van der Waals surface area contributed by atoms with Crippen LogP contribution in [0.4, 0.5) is 17.1 Å². The van der Waals surface area contributed by atoms with Crippen molar-refractivity contribution in [1.29, 1.82) is 0 Å². The molecule has 2 aromatic carbocycles. The second-order valence-corrected chi connectivity index (χ2v) is 6.92. The number of aryl methyl sites for hydroxylation is 1. The third kappa shape index (κ3) is 5.10. The maximum atomic E-state index is 12.4. The molecular formula is C22H27N3O3. The van der Waals surface area contributed by atoms with E-state index in [-0.39, 0.29) is 18.2 Å². The Labute approximate surface area is 166 Å². The zero-order valence-corrected chi connectivity index (χ0v) is 16.5. The zero-order valence-electron chi connectivity index (χ0n) is 16.5. The van der Waals surface area contributed by atoms with Gasteiger partial charge in [0.1, 0.15) is 0 Å². The molecule has 1 saturated heterocycles. The standard InChI is InChI=1S/C22H27N3O3/c1-17-7-9-19(10-8-17)23-22(27)11-12-25(18(2)26)21-6-4-3-5-20(21)24-13-15-28-16-14-24/h3-10H,11-16H2,1-2H3,(H,23,27). The quantitative estimate of drug-likeness (QED) is 0.835. The smallest absolute Gasteiger partial charge is 0.226 e. The van der Waals surface area contributed by atoms with Gasteiger partial charge in [-0.05, 0) is 31.2 Å². The molecule has 1 aliphatic heterocycles. The van der Waals surface area contributed by atoms with E-state index in [0.717, 1.165) is 35.7 Å². The van der Waals surface area contributed by atoms with E-state index in [1.165, 1.54) is 6.92 Å². The molecule has 0 bridgehead atoms. The molecule has 0 spiro atoms. The van der Waals surface area contributed by atoms with E-state index in [0.29, 0.717) is 19.8 Å². The number of nitrogens with one attached hydrogen (secondary N) is 1.